The minimum absolute atomic E-state index is 0.241. The van der Waals surface area contributed by atoms with E-state index in [1.54, 1.807) is 20.8 Å². The lowest BCUT2D eigenvalue weighted by Gasteiger charge is -2.20. The summed E-state index contributed by atoms with van der Waals surface area (Å²) in [7, 11) is -4.97. The molecule has 146 valence electrons. The van der Waals surface area contributed by atoms with Crippen molar-refractivity contribution < 1.29 is 44.8 Å². The largest absolute Gasteiger partial charge is 0.534 e. The van der Waals surface area contributed by atoms with Crippen LogP contribution in [0.4, 0.5) is 23.7 Å². The number of rotatable bonds is 4. The molecule has 0 radical (unpaired) electrons. The molecule has 0 heterocycles. The van der Waals surface area contributed by atoms with E-state index in [1.807, 2.05) is 0 Å². The Morgan fingerprint density at radius 2 is 1.65 bits per heavy atom. The topological polar surface area (TPSA) is 108 Å². The first-order valence-electron chi connectivity index (χ1n) is 6.89. The van der Waals surface area contributed by atoms with Crippen molar-refractivity contribution >= 4 is 27.9 Å². The van der Waals surface area contributed by atoms with Crippen LogP contribution in [0.5, 0.6) is 5.75 Å². The highest BCUT2D eigenvalue weighted by molar-refractivity contribution is 7.88. The summed E-state index contributed by atoms with van der Waals surface area (Å²) in [6.07, 6.45) is -0.982. The maximum atomic E-state index is 12.4. The summed E-state index contributed by atoms with van der Waals surface area (Å²) in [5.41, 5.74) is -7.14. The van der Waals surface area contributed by atoms with Crippen LogP contribution in [0.1, 0.15) is 31.1 Å². The Hall–Kier alpha value is -2.50. The SMILES string of the molecule is COC(=O)c1cc(NC(=O)OC(C)(C)C)cc(OS(=O)(=O)C(F)(F)F)c1. The average molecular weight is 399 g/mol. The van der Waals surface area contributed by atoms with Crippen LogP contribution in [0.3, 0.4) is 0 Å². The summed E-state index contributed by atoms with van der Waals surface area (Å²) in [6.45, 7) is 4.71. The standard InChI is InChI=1S/C14H16F3NO7S/c1-13(2,3)24-12(20)18-9-5-8(11(19)23-4)6-10(7-9)25-26(21,22)14(15,16)17/h5-7H,1-4H3,(H,18,20). The van der Waals surface area contributed by atoms with Crippen LogP contribution in [0.15, 0.2) is 18.2 Å². The fourth-order valence-electron chi connectivity index (χ4n) is 1.55. The highest BCUT2D eigenvalue weighted by Crippen LogP contribution is 2.29. The maximum absolute atomic E-state index is 12.4. The van der Waals surface area contributed by atoms with Crippen molar-refractivity contribution in [3.63, 3.8) is 0 Å². The Morgan fingerprint density at radius 3 is 2.12 bits per heavy atom. The number of alkyl halides is 3. The van der Waals surface area contributed by atoms with Gasteiger partial charge >= 0.3 is 27.7 Å². The molecule has 0 aromatic heterocycles. The zero-order valence-electron chi connectivity index (χ0n) is 14.1. The number of hydrogen-bond donors (Lipinski definition) is 1. The molecule has 0 fully saturated rings. The van der Waals surface area contributed by atoms with Crippen molar-refractivity contribution in [3.05, 3.63) is 23.8 Å². The van der Waals surface area contributed by atoms with Gasteiger partial charge in [-0.05, 0) is 32.9 Å². The molecule has 0 unspecified atom stereocenters. The molecular formula is C14H16F3NO7S. The van der Waals surface area contributed by atoms with Crippen molar-refractivity contribution in [3.8, 4) is 5.75 Å². The van der Waals surface area contributed by atoms with Crippen molar-refractivity contribution in [2.24, 2.45) is 0 Å². The quantitative estimate of drug-likeness (QED) is 0.471. The highest BCUT2D eigenvalue weighted by Gasteiger charge is 2.48. The molecule has 0 spiro atoms. The fourth-order valence-corrected chi connectivity index (χ4v) is 1.99. The van der Waals surface area contributed by atoms with Crippen LogP contribution in [-0.4, -0.2) is 38.7 Å². The van der Waals surface area contributed by atoms with Gasteiger partial charge in [-0.15, -0.1) is 0 Å². The van der Waals surface area contributed by atoms with E-state index in [-0.39, 0.29) is 11.3 Å². The van der Waals surface area contributed by atoms with Gasteiger partial charge in [0.15, 0.2) is 0 Å². The molecule has 1 rings (SSSR count). The molecule has 1 N–H and O–H groups in total. The van der Waals surface area contributed by atoms with E-state index < -0.39 is 39.0 Å². The van der Waals surface area contributed by atoms with Crippen LogP contribution < -0.4 is 9.50 Å². The van der Waals surface area contributed by atoms with Crippen molar-refractivity contribution in [2.75, 3.05) is 12.4 Å². The van der Waals surface area contributed by atoms with E-state index in [9.17, 15) is 31.2 Å². The molecule has 0 aliphatic rings. The van der Waals surface area contributed by atoms with Crippen molar-refractivity contribution in [1.29, 1.82) is 0 Å². The van der Waals surface area contributed by atoms with Gasteiger partial charge in [0.2, 0.25) is 0 Å². The van der Waals surface area contributed by atoms with Gasteiger partial charge < -0.3 is 13.7 Å². The Kier molecular flexibility index (Phi) is 6.13. The number of hydrogen-bond acceptors (Lipinski definition) is 7. The molecule has 0 aliphatic carbocycles. The summed E-state index contributed by atoms with van der Waals surface area (Å²) >= 11 is 0. The first kappa shape index (κ1) is 21.5. The second kappa shape index (κ2) is 7.40. The third-order valence-corrected chi connectivity index (χ3v) is 3.44. The molecule has 0 saturated heterocycles. The maximum Gasteiger partial charge on any atom is 0.534 e. The van der Waals surface area contributed by atoms with Gasteiger partial charge in [0.1, 0.15) is 11.4 Å². The lowest BCUT2D eigenvalue weighted by molar-refractivity contribution is -0.0500. The molecule has 0 saturated carbocycles. The Morgan fingerprint density at radius 1 is 1.08 bits per heavy atom. The number of anilines is 1. The van der Waals surface area contributed by atoms with E-state index in [1.165, 1.54) is 0 Å². The monoisotopic (exact) mass is 399 g/mol. The summed E-state index contributed by atoms with van der Waals surface area (Å²) in [5, 5.41) is 2.16. The van der Waals surface area contributed by atoms with Gasteiger partial charge in [-0.1, -0.05) is 0 Å². The average Bonchev–Trinajstić information content (AvgIpc) is 2.42. The highest BCUT2D eigenvalue weighted by atomic mass is 32.2. The van der Waals surface area contributed by atoms with Gasteiger partial charge in [0.05, 0.1) is 12.7 Å². The molecule has 0 bridgehead atoms. The number of nitrogens with one attached hydrogen (secondary N) is 1. The smallest absolute Gasteiger partial charge is 0.465 e. The number of halogens is 3. The van der Waals surface area contributed by atoms with Crippen LogP contribution in [-0.2, 0) is 19.6 Å². The zero-order chi connectivity index (χ0) is 20.3. The molecule has 12 heteroatoms. The molecule has 0 aliphatic heterocycles. The van der Waals surface area contributed by atoms with E-state index >= 15 is 0 Å². The number of carbonyl (C=O) groups excluding carboxylic acids is 2. The molecule has 1 aromatic rings. The Balaban J connectivity index is 3.24. The van der Waals surface area contributed by atoms with Gasteiger partial charge in [0.25, 0.3) is 0 Å². The van der Waals surface area contributed by atoms with Gasteiger partial charge in [-0.3, -0.25) is 5.32 Å². The first-order chi connectivity index (χ1) is 11.6. The Labute approximate surface area is 147 Å². The fraction of sp³-hybridized carbons (Fsp3) is 0.429. The molecule has 1 amide bonds. The number of methoxy groups -OCH3 is 1. The van der Waals surface area contributed by atoms with Crippen LogP contribution in [0.25, 0.3) is 0 Å². The predicted molar refractivity (Wildman–Crippen MR) is 83.2 cm³/mol. The summed E-state index contributed by atoms with van der Waals surface area (Å²) in [6, 6.07) is 2.54. The molecular weight excluding hydrogens is 383 g/mol. The minimum Gasteiger partial charge on any atom is -0.465 e. The molecule has 26 heavy (non-hydrogen) atoms. The van der Waals surface area contributed by atoms with E-state index in [0.29, 0.717) is 0 Å². The normalized spacial score (nSPS) is 12.3. The van der Waals surface area contributed by atoms with Gasteiger partial charge in [-0.25, -0.2) is 9.59 Å². The summed E-state index contributed by atoms with van der Waals surface area (Å²) < 4.78 is 72.9. The van der Waals surface area contributed by atoms with E-state index in [4.69, 9.17) is 4.74 Å². The van der Waals surface area contributed by atoms with E-state index in [2.05, 4.69) is 14.2 Å². The van der Waals surface area contributed by atoms with Crippen molar-refractivity contribution in [2.45, 2.75) is 31.9 Å². The third kappa shape index (κ3) is 6.10. The molecule has 0 atom stereocenters. The number of benzene rings is 1. The van der Waals surface area contributed by atoms with Crippen LogP contribution in [0.2, 0.25) is 0 Å². The van der Waals surface area contributed by atoms with Crippen LogP contribution in [0, 0.1) is 0 Å². The van der Waals surface area contributed by atoms with Gasteiger partial charge in [-0.2, -0.15) is 21.6 Å². The van der Waals surface area contributed by atoms with E-state index in [0.717, 1.165) is 25.3 Å². The van der Waals surface area contributed by atoms with Crippen LogP contribution >= 0.6 is 0 Å². The number of esters is 1. The van der Waals surface area contributed by atoms with Gasteiger partial charge in [0, 0.05) is 11.8 Å². The number of ether oxygens (including phenoxy) is 2. The zero-order valence-corrected chi connectivity index (χ0v) is 14.9. The number of carbonyl (C=O) groups is 2. The second-order valence-electron chi connectivity index (χ2n) is 5.85. The van der Waals surface area contributed by atoms with Crippen molar-refractivity contribution in [1.82, 2.24) is 0 Å². The second-order valence-corrected chi connectivity index (χ2v) is 7.39. The molecule has 1 aromatic carbocycles. The predicted octanol–water partition coefficient (Wildman–Crippen LogP) is 3.05. The minimum atomic E-state index is -5.97. The lowest BCUT2D eigenvalue weighted by Crippen LogP contribution is -2.28. The first-order valence-corrected chi connectivity index (χ1v) is 8.29. The Bertz CT molecular complexity index is 798. The third-order valence-electron chi connectivity index (χ3n) is 2.46. The summed E-state index contributed by atoms with van der Waals surface area (Å²) in [4.78, 5) is 23.3. The summed E-state index contributed by atoms with van der Waals surface area (Å²) in [5.74, 6) is -1.84. The number of amides is 1. The molecule has 8 nitrogen and oxygen atoms in total. The lowest BCUT2D eigenvalue weighted by atomic mass is 10.2.